The topological polar surface area (TPSA) is 3.24 Å². The minimum absolute atomic E-state index is 0.127. The molecule has 0 aliphatic carbocycles. The zero-order valence-corrected chi connectivity index (χ0v) is 7.53. The molecular weight excluding hydrogens is 148 g/mol. The Kier molecular flexibility index (Phi) is 4.57. The minimum atomic E-state index is -0.405. The second-order valence-electron chi connectivity index (χ2n) is 3.54. The van der Waals surface area contributed by atoms with Crippen LogP contribution in [-0.4, -0.2) is 36.9 Å². The van der Waals surface area contributed by atoms with Gasteiger partial charge in [-0.15, -0.1) is 0 Å². The predicted molar refractivity (Wildman–Crippen MR) is 43.3 cm³/mol. The summed E-state index contributed by atoms with van der Waals surface area (Å²) in [4.78, 5) is 1.80. The summed E-state index contributed by atoms with van der Waals surface area (Å²) in [7, 11) is 0. The summed E-state index contributed by atoms with van der Waals surface area (Å²) in [6.07, 6.45) is 0. The molecule has 3 heteroatoms. The van der Waals surface area contributed by atoms with Crippen LogP contribution in [0.2, 0.25) is 0 Å². The van der Waals surface area contributed by atoms with Crippen molar-refractivity contribution in [1.29, 1.82) is 0 Å². The third-order valence-corrected chi connectivity index (χ3v) is 1.66. The van der Waals surface area contributed by atoms with Crippen LogP contribution in [0.5, 0.6) is 0 Å². The van der Waals surface area contributed by atoms with Crippen LogP contribution in [0, 0.1) is 0 Å². The SMILES string of the molecule is CC(C)(C)N(CCF)CCF. The van der Waals surface area contributed by atoms with Crippen LogP contribution in [0.4, 0.5) is 8.78 Å². The van der Waals surface area contributed by atoms with Crippen molar-refractivity contribution in [2.75, 3.05) is 26.4 Å². The van der Waals surface area contributed by atoms with Gasteiger partial charge in [0.15, 0.2) is 0 Å². The van der Waals surface area contributed by atoms with Gasteiger partial charge in [0.1, 0.15) is 13.3 Å². The van der Waals surface area contributed by atoms with Crippen molar-refractivity contribution in [3.63, 3.8) is 0 Å². The molecule has 68 valence electrons. The number of hydrogen-bond acceptors (Lipinski definition) is 1. The van der Waals surface area contributed by atoms with Crippen molar-refractivity contribution < 1.29 is 8.78 Å². The highest BCUT2D eigenvalue weighted by Gasteiger charge is 2.19. The van der Waals surface area contributed by atoms with E-state index in [4.69, 9.17) is 0 Å². The summed E-state index contributed by atoms with van der Waals surface area (Å²) in [6.45, 7) is 5.71. The normalized spacial score (nSPS) is 12.5. The average Bonchev–Trinajstić information content (AvgIpc) is 1.85. The van der Waals surface area contributed by atoms with Gasteiger partial charge >= 0.3 is 0 Å². The van der Waals surface area contributed by atoms with E-state index in [1.54, 1.807) is 4.90 Å². The summed E-state index contributed by atoms with van der Waals surface area (Å²) in [6, 6.07) is 0. The number of hydrogen-bond donors (Lipinski definition) is 0. The van der Waals surface area contributed by atoms with E-state index >= 15 is 0 Å². The molecule has 0 rings (SSSR count). The molecule has 11 heavy (non-hydrogen) atoms. The van der Waals surface area contributed by atoms with Crippen molar-refractivity contribution in [2.24, 2.45) is 0 Å². The molecule has 0 amide bonds. The van der Waals surface area contributed by atoms with Crippen LogP contribution in [0.25, 0.3) is 0 Å². The first kappa shape index (κ1) is 10.8. The molecule has 0 aliphatic rings. The number of halogens is 2. The molecule has 0 radical (unpaired) electrons. The van der Waals surface area contributed by atoms with E-state index in [-0.39, 0.29) is 5.54 Å². The highest BCUT2D eigenvalue weighted by Crippen LogP contribution is 2.11. The molecule has 0 saturated heterocycles. The smallest absolute Gasteiger partial charge is 0.102 e. The van der Waals surface area contributed by atoms with Gasteiger partial charge in [-0.1, -0.05) is 0 Å². The van der Waals surface area contributed by atoms with Gasteiger partial charge in [0.25, 0.3) is 0 Å². The molecule has 0 spiro atoms. The summed E-state index contributed by atoms with van der Waals surface area (Å²) < 4.78 is 23.9. The Balaban J connectivity index is 3.88. The van der Waals surface area contributed by atoms with Crippen molar-refractivity contribution in [1.82, 2.24) is 4.90 Å². The molecule has 0 fully saturated rings. The first-order chi connectivity index (χ1) is 5.02. The van der Waals surface area contributed by atoms with Crippen molar-refractivity contribution in [2.45, 2.75) is 26.3 Å². The number of nitrogens with zero attached hydrogens (tertiary/aromatic N) is 1. The van der Waals surface area contributed by atoms with Crippen LogP contribution in [0.1, 0.15) is 20.8 Å². The van der Waals surface area contributed by atoms with E-state index in [1.807, 2.05) is 20.8 Å². The van der Waals surface area contributed by atoms with Gasteiger partial charge in [0.05, 0.1) is 0 Å². The molecule has 0 saturated carbocycles. The summed E-state index contributed by atoms with van der Waals surface area (Å²) >= 11 is 0. The molecule has 0 aromatic rings. The Bertz CT molecular complexity index is 92.8. The maximum absolute atomic E-state index is 11.9. The zero-order chi connectivity index (χ0) is 8.91. The summed E-state index contributed by atoms with van der Waals surface area (Å²) in [5, 5.41) is 0. The quantitative estimate of drug-likeness (QED) is 0.616. The van der Waals surface area contributed by atoms with E-state index in [0.717, 1.165) is 0 Å². The maximum atomic E-state index is 11.9. The lowest BCUT2D eigenvalue weighted by molar-refractivity contribution is 0.116. The monoisotopic (exact) mass is 165 g/mol. The largest absolute Gasteiger partial charge is 0.293 e. The van der Waals surface area contributed by atoms with Crippen LogP contribution < -0.4 is 0 Å². The predicted octanol–water partition coefficient (Wildman–Crippen LogP) is 2.03. The van der Waals surface area contributed by atoms with Crippen molar-refractivity contribution >= 4 is 0 Å². The third-order valence-electron chi connectivity index (χ3n) is 1.66. The average molecular weight is 165 g/mol. The fraction of sp³-hybridized carbons (Fsp3) is 1.00. The van der Waals surface area contributed by atoms with Gasteiger partial charge in [-0.25, -0.2) is 8.78 Å². The van der Waals surface area contributed by atoms with Gasteiger partial charge < -0.3 is 0 Å². The van der Waals surface area contributed by atoms with Crippen LogP contribution in [0.3, 0.4) is 0 Å². The molecule has 0 aliphatic heterocycles. The van der Waals surface area contributed by atoms with Gasteiger partial charge in [-0.3, -0.25) is 4.90 Å². The first-order valence-corrected chi connectivity index (χ1v) is 3.89. The maximum Gasteiger partial charge on any atom is 0.102 e. The molecule has 0 bridgehead atoms. The lowest BCUT2D eigenvalue weighted by Crippen LogP contribution is -2.43. The molecule has 0 aromatic carbocycles. The van der Waals surface area contributed by atoms with E-state index in [9.17, 15) is 8.78 Å². The molecule has 0 N–H and O–H groups in total. The van der Waals surface area contributed by atoms with Gasteiger partial charge in [0.2, 0.25) is 0 Å². The highest BCUT2D eigenvalue weighted by molar-refractivity contribution is 4.75. The van der Waals surface area contributed by atoms with Crippen LogP contribution in [0.15, 0.2) is 0 Å². The minimum Gasteiger partial charge on any atom is -0.293 e. The fourth-order valence-corrected chi connectivity index (χ4v) is 0.987. The Morgan fingerprint density at radius 3 is 1.55 bits per heavy atom. The Morgan fingerprint density at radius 1 is 1.00 bits per heavy atom. The summed E-state index contributed by atoms with van der Waals surface area (Å²) in [5.74, 6) is 0. The lowest BCUT2D eigenvalue weighted by Gasteiger charge is -2.33. The third kappa shape index (κ3) is 4.30. The Labute approximate surface area is 67.4 Å². The lowest BCUT2D eigenvalue weighted by atomic mass is 10.1. The van der Waals surface area contributed by atoms with Gasteiger partial charge in [-0.05, 0) is 20.8 Å². The van der Waals surface area contributed by atoms with E-state index < -0.39 is 13.3 Å². The van der Waals surface area contributed by atoms with E-state index in [1.165, 1.54) is 0 Å². The Hall–Kier alpha value is -0.180. The first-order valence-electron chi connectivity index (χ1n) is 3.89. The molecule has 0 atom stereocenters. The number of alkyl halides is 2. The fourth-order valence-electron chi connectivity index (χ4n) is 0.987. The molecule has 0 unspecified atom stereocenters. The standard InChI is InChI=1S/C8H17F2N/c1-8(2,3)11(6-4-9)7-5-10/h4-7H2,1-3H3. The highest BCUT2D eigenvalue weighted by atomic mass is 19.1. The second kappa shape index (κ2) is 4.65. The van der Waals surface area contributed by atoms with Crippen molar-refractivity contribution in [3.05, 3.63) is 0 Å². The Morgan fingerprint density at radius 2 is 1.36 bits per heavy atom. The molecule has 1 nitrogen and oxygen atoms in total. The van der Waals surface area contributed by atoms with Gasteiger partial charge in [-0.2, -0.15) is 0 Å². The number of rotatable bonds is 4. The zero-order valence-electron chi connectivity index (χ0n) is 7.53. The molecule has 0 heterocycles. The molecular formula is C8H17F2N. The van der Waals surface area contributed by atoms with Crippen molar-refractivity contribution in [3.8, 4) is 0 Å². The van der Waals surface area contributed by atoms with Crippen LogP contribution in [-0.2, 0) is 0 Å². The molecule has 0 aromatic heterocycles. The second-order valence-corrected chi connectivity index (χ2v) is 3.54. The van der Waals surface area contributed by atoms with Gasteiger partial charge in [0, 0.05) is 18.6 Å². The van der Waals surface area contributed by atoms with E-state index in [2.05, 4.69) is 0 Å². The van der Waals surface area contributed by atoms with Crippen LogP contribution >= 0.6 is 0 Å². The van der Waals surface area contributed by atoms with E-state index in [0.29, 0.717) is 13.1 Å². The summed E-state index contributed by atoms with van der Waals surface area (Å²) in [5.41, 5.74) is -0.127.